The number of hydrogen-bond donors (Lipinski definition) is 1. The third kappa shape index (κ3) is 2.49. The molecule has 0 radical (unpaired) electrons. The Morgan fingerprint density at radius 1 is 1.53 bits per heavy atom. The van der Waals surface area contributed by atoms with Crippen molar-refractivity contribution in [2.45, 2.75) is 38.3 Å². The first-order valence-electron chi connectivity index (χ1n) is 5.84. The predicted octanol–water partition coefficient (Wildman–Crippen LogP) is 0.361. The van der Waals surface area contributed by atoms with Gasteiger partial charge < -0.3 is 15.4 Å². The minimum absolute atomic E-state index is 0.0761. The molecule has 1 aliphatic carbocycles. The summed E-state index contributed by atoms with van der Waals surface area (Å²) < 4.78 is 5.44. The van der Waals surface area contributed by atoms with E-state index in [4.69, 9.17) is 10.5 Å². The van der Waals surface area contributed by atoms with Crippen LogP contribution in [0.15, 0.2) is 0 Å². The summed E-state index contributed by atoms with van der Waals surface area (Å²) in [5.41, 5.74) is 5.53. The molecular weight excluding hydrogens is 192 g/mol. The van der Waals surface area contributed by atoms with Crippen LogP contribution in [0.1, 0.15) is 26.2 Å². The van der Waals surface area contributed by atoms with Crippen molar-refractivity contribution in [1.29, 1.82) is 0 Å². The van der Waals surface area contributed by atoms with Gasteiger partial charge in [0.25, 0.3) is 0 Å². The van der Waals surface area contributed by atoms with Crippen LogP contribution < -0.4 is 5.73 Å². The molecular formula is C11H20N2O2. The molecule has 2 unspecified atom stereocenters. The summed E-state index contributed by atoms with van der Waals surface area (Å²) in [5, 5.41) is 0. The Morgan fingerprint density at radius 3 is 2.73 bits per heavy atom. The maximum atomic E-state index is 12.2. The van der Waals surface area contributed by atoms with Crippen LogP contribution in [0.2, 0.25) is 0 Å². The highest BCUT2D eigenvalue weighted by atomic mass is 16.5. The van der Waals surface area contributed by atoms with Crippen LogP contribution in [-0.4, -0.2) is 42.6 Å². The number of nitrogens with two attached hydrogens (primary N) is 1. The average molecular weight is 212 g/mol. The number of rotatable bonds is 4. The molecule has 1 aliphatic heterocycles. The number of nitrogens with zero attached hydrogens (tertiary/aromatic N) is 1. The summed E-state index contributed by atoms with van der Waals surface area (Å²) in [4.78, 5) is 14.1. The fourth-order valence-corrected chi connectivity index (χ4v) is 2.22. The van der Waals surface area contributed by atoms with Crippen molar-refractivity contribution in [3.63, 3.8) is 0 Å². The van der Waals surface area contributed by atoms with Crippen molar-refractivity contribution in [1.82, 2.24) is 4.90 Å². The number of hydrogen-bond acceptors (Lipinski definition) is 3. The fraction of sp³-hybridized carbons (Fsp3) is 0.909. The maximum Gasteiger partial charge on any atom is 0.228 e. The van der Waals surface area contributed by atoms with Crippen LogP contribution >= 0.6 is 0 Å². The molecule has 1 saturated heterocycles. The van der Waals surface area contributed by atoms with Gasteiger partial charge in [0.05, 0.1) is 18.6 Å². The first-order valence-corrected chi connectivity index (χ1v) is 5.84. The average Bonchev–Trinajstić information content (AvgIpc) is 2.96. The number of ether oxygens (including phenoxy) is 1. The smallest absolute Gasteiger partial charge is 0.228 e. The molecule has 0 aromatic carbocycles. The first-order chi connectivity index (χ1) is 7.22. The SMILES string of the molecule is CC1CC(C(=O)N(CCN)C2CC2)CO1. The predicted molar refractivity (Wildman–Crippen MR) is 57.3 cm³/mol. The zero-order chi connectivity index (χ0) is 10.8. The van der Waals surface area contributed by atoms with E-state index in [0.717, 1.165) is 19.3 Å². The zero-order valence-corrected chi connectivity index (χ0v) is 9.32. The molecule has 4 heteroatoms. The molecule has 0 spiro atoms. The van der Waals surface area contributed by atoms with Crippen LogP contribution in [-0.2, 0) is 9.53 Å². The number of carbonyl (C=O) groups excluding carboxylic acids is 1. The lowest BCUT2D eigenvalue weighted by molar-refractivity contribution is -0.136. The van der Waals surface area contributed by atoms with E-state index in [0.29, 0.717) is 25.7 Å². The normalized spacial score (nSPS) is 30.5. The standard InChI is InChI=1S/C11H20N2O2/c1-8-6-9(7-15-8)11(14)13(5-4-12)10-2-3-10/h8-10H,2-7,12H2,1H3. The maximum absolute atomic E-state index is 12.2. The van der Waals surface area contributed by atoms with Gasteiger partial charge in [0, 0.05) is 19.1 Å². The molecule has 0 bridgehead atoms. The van der Waals surface area contributed by atoms with Gasteiger partial charge in [-0.05, 0) is 26.2 Å². The molecule has 1 saturated carbocycles. The van der Waals surface area contributed by atoms with E-state index in [2.05, 4.69) is 0 Å². The van der Waals surface area contributed by atoms with E-state index in [-0.39, 0.29) is 17.9 Å². The van der Waals surface area contributed by atoms with Crippen LogP contribution in [0.3, 0.4) is 0 Å². The Labute approximate surface area is 90.8 Å². The Bertz CT molecular complexity index is 241. The number of carbonyl (C=O) groups is 1. The van der Waals surface area contributed by atoms with E-state index in [1.807, 2.05) is 11.8 Å². The molecule has 0 aromatic heterocycles. The zero-order valence-electron chi connectivity index (χ0n) is 9.32. The van der Waals surface area contributed by atoms with E-state index < -0.39 is 0 Å². The first kappa shape index (κ1) is 10.9. The van der Waals surface area contributed by atoms with Gasteiger partial charge in [-0.25, -0.2) is 0 Å². The molecule has 2 aliphatic rings. The summed E-state index contributed by atoms with van der Waals surface area (Å²) in [6.07, 6.45) is 3.40. The Balaban J connectivity index is 1.91. The minimum atomic E-state index is 0.0761. The van der Waals surface area contributed by atoms with Crippen molar-refractivity contribution in [2.24, 2.45) is 11.7 Å². The summed E-state index contributed by atoms with van der Waals surface area (Å²) in [7, 11) is 0. The highest BCUT2D eigenvalue weighted by molar-refractivity contribution is 5.80. The monoisotopic (exact) mass is 212 g/mol. The van der Waals surface area contributed by atoms with E-state index in [1.54, 1.807) is 0 Å². The van der Waals surface area contributed by atoms with Crippen LogP contribution in [0, 0.1) is 5.92 Å². The molecule has 1 heterocycles. The van der Waals surface area contributed by atoms with Gasteiger partial charge in [-0.1, -0.05) is 0 Å². The summed E-state index contributed by atoms with van der Waals surface area (Å²) in [6, 6.07) is 0.469. The van der Waals surface area contributed by atoms with Crippen molar-refractivity contribution < 1.29 is 9.53 Å². The Hall–Kier alpha value is -0.610. The van der Waals surface area contributed by atoms with Crippen LogP contribution in [0.5, 0.6) is 0 Å². The van der Waals surface area contributed by atoms with E-state index >= 15 is 0 Å². The number of amides is 1. The molecule has 0 aromatic rings. The molecule has 2 N–H and O–H groups in total. The van der Waals surface area contributed by atoms with Gasteiger partial charge in [-0.3, -0.25) is 4.79 Å². The van der Waals surface area contributed by atoms with Crippen molar-refractivity contribution in [2.75, 3.05) is 19.7 Å². The van der Waals surface area contributed by atoms with E-state index in [9.17, 15) is 4.79 Å². The summed E-state index contributed by atoms with van der Waals surface area (Å²) >= 11 is 0. The van der Waals surface area contributed by atoms with Gasteiger partial charge in [-0.2, -0.15) is 0 Å². The lowest BCUT2D eigenvalue weighted by Crippen LogP contribution is -2.41. The molecule has 4 nitrogen and oxygen atoms in total. The van der Waals surface area contributed by atoms with Gasteiger partial charge >= 0.3 is 0 Å². The van der Waals surface area contributed by atoms with Crippen molar-refractivity contribution >= 4 is 5.91 Å². The molecule has 15 heavy (non-hydrogen) atoms. The highest BCUT2D eigenvalue weighted by Crippen LogP contribution is 2.30. The largest absolute Gasteiger partial charge is 0.378 e. The molecule has 2 atom stereocenters. The summed E-state index contributed by atoms with van der Waals surface area (Å²) in [6.45, 7) is 3.88. The minimum Gasteiger partial charge on any atom is -0.378 e. The third-order valence-electron chi connectivity index (χ3n) is 3.19. The van der Waals surface area contributed by atoms with Crippen LogP contribution in [0.25, 0.3) is 0 Å². The van der Waals surface area contributed by atoms with Crippen molar-refractivity contribution in [3.05, 3.63) is 0 Å². The molecule has 2 fully saturated rings. The Morgan fingerprint density at radius 2 is 2.27 bits per heavy atom. The van der Waals surface area contributed by atoms with Gasteiger partial charge in [-0.15, -0.1) is 0 Å². The molecule has 2 rings (SSSR count). The summed E-state index contributed by atoms with van der Waals surface area (Å²) in [5.74, 6) is 0.333. The lowest BCUT2D eigenvalue weighted by Gasteiger charge is -2.24. The van der Waals surface area contributed by atoms with Gasteiger partial charge in [0.15, 0.2) is 0 Å². The lowest BCUT2D eigenvalue weighted by atomic mass is 10.0. The van der Waals surface area contributed by atoms with Crippen LogP contribution in [0.4, 0.5) is 0 Å². The van der Waals surface area contributed by atoms with Gasteiger partial charge in [0.2, 0.25) is 5.91 Å². The third-order valence-corrected chi connectivity index (χ3v) is 3.19. The second-order valence-corrected chi connectivity index (χ2v) is 4.63. The topological polar surface area (TPSA) is 55.6 Å². The quantitative estimate of drug-likeness (QED) is 0.732. The molecule has 1 amide bonds. The second-order valence-electron chi connectivity index (χ2n) is 4.63. The second kappa shape index (κ2) is 4.49. The van der Waals surface area contributed by atoms with Gasteiger partial charge in [0.1, 0.15) is 0 Å². The molecule has 86 valence electrons. The fourth-order valence-electron chi connectivity index (χ4n) is 2.22. The van der Waals surface area contributed by atoms with E-state index in [1.165, 1.54) is 0 Å². The Kier molecular flexibility index (Phi) is 3.26. The van der Waals surface area contributed by atoms with Crippen molar-refractivity contribution in [3.8, 4) is 0 Å². The highest BCUT2D eigenvalue weighted by Gasteiger charge is 2.37.